The van der Waals surface area contributed by atoms with Crippen LogP contribution >= 0.6 is 11.6 Å². The van der Waals surface area contributed by atoms with Gasteiger partial charge in [-0.2, -0.15) is 0 Å². The Bertz CT molecular complexity index is 419. The number of methoxy groups -OCH3 is 1. The third-order valence-corrected chi connectivity index (χ3v) is 2.42. The van der Waals surface area contributed by atoms with Gasteiger partial charge >= 0.3 is 5.97 Å². The average molecular weight is 261 g/mol. The van der Waals surface area contributed by atoms with E-state index in [1.54, 1.807) is 6.92 Å². The first-order valence-corrected chi connectivity index (χ1v) is 5.30. The minimum atomic E-state index is -1.57. The summed E-state index contributed by atoms with van der Waals surface area (Å²) in [7, 11) is 1.32. The molecule has 1 atom stereocenters. The Morgan fingerprint density at radius 1 is 1.53 bits per heavy atom. The van der Waals surface area contributed by atoms with Crippen LogP contribution in [0.25, 0.3) is 0 Å². The van der Waals surface area contributed by atoms with E-state index in [1.807, 2.05) is 0 Å². The fourth-order valence-electron chi connectivity index (χ4n) is 1.32. The van der Waals surface area contributed by atoms with Crippen molar-refractivity contribution in [2.24, 2.45) is 0 Å². The number of ether oxygens (including phenoxy) is 2. The maximum Gasteiger partial charge on any atom is 0.339 e. The van der Waals surface area contributed by atoms with Gasteiger partial charge in [-0.15, -0.1) is 0 Å². The van der Waals surface area contributed by atoms with Crippen LogP contribution in [0, 0.1) is 0 Å². The molecule has 0 heterocycles. The molecular formula is C11H13ClO5. The lowest BCUT2D eigenvalue weighted by Gasteiger charge is -2.14. The molecule has 0 saturated heterocycles. The number of carbonyl (C=O) groups excluding carboxylic acids is 1. The Hall–Kier alpha value is -1.46. The topological polar surface area (TPSA) is 76.0 Å². The molecule has 0 aliphatic carbocycles. The van der Waals surface area contributed by atoms with Crippen molar-refractivity contribution in [3.05, 3.63) is 22.7 Å². The van der Waals surface area contributed by atoms with Crippen molar-refractivity contribution < 1.29 is 24.5 Å². The fraction of sp³-hybridized carbons (Fsp3) is 0.364. The quantitative estimate of drug-likeness (QED) is 0.805. The van der Waals surface area contributed by atoms with Gasteiger partial charge in [0, 0.05) is 5.56 Å². The number of hydrogen-bond acceptors (Lipinski definition) is 5. The van der Waals surface area contributed by atoms with Crippen molar-refractivity contribution in [3.63, 3.8) is 0 Å². The molecule has 1 aromatic rings. The molecule has 0 bridgehead atoms. The van der Waals surface area contributed by atoms with Gasteiger partial charge in [-0.25, -0.2) is 4.79 Å². The standard InChI is InChI=1S/C11H13ClO5/c1-3-17-11(15)9(14)6-4-5-7(12)10(16-2)8(6)13/h4-5,9,13-14H,3H2,1-2H3. The highest BCUT2D eigenvalue weighted by molar-refractivity contribution is 6.32. The molecule has 6 heteroatoms. The molecule has 1 unspecified atom stereocenters. The fourth-order valence-corrected chi connectivity index (χ4v) is 1.55. The molecule has 0 aliphatic rings. The predicted octanol–water partition coefficient (Wildman–Crippen LogP) is 1.65. The third-order valence-electron chi connectivity index (χ3n) is 2.12. The van der Waals surface area contributed by atoms with Crippen LogP contribution in [0.15, 0.2) is 12.1 Å². The molecule has 0 saturated carbocycles. The van der Waals surface area contributed by atoms with Crippen molar-refractivity contribution in [1.82, 2.24) is 0 Å². The number of esters is 1. The van der Waals surface area contributed by atoms with Crippen LogP contribution in [-0.4, -0.2) is 29.9 Å². The van der Waals surface area contributed by atoms with Gasteiger partial charge in [0.2, 0.25) is 0 Å². The van der Waals surface area contributed by atoms with Crippen LogP contribution in [0.5, 0.6) is 11.5 Å². The number of aliphatic hydroxyl groups excluding tert-OH is 1. The zero-order valence-electron chi connectivity index (χ0n) is 9.44. The van der Waals surface area contributed by atoms with Gasteiger partial charge in [0.25, 0.3) is 0 Å². The van der Waals surface area contributed by atoms with Gasteiger partial charge in [-0.3, -0.25) is 0 Å². The Morgan fingerprint density at radius 3 is 2.71 bits per heavy atom. The molecule has 0 aliphatic heterocycles. The zero-order valence-corrected chi connectivity index (χ0v) is 10.2. The van der Waals surface area contributed by atoms with E-state index in [2.05, 4.69) is 4.74 Å². The molecule has 0 fully saturated rings. The van der Waals surface area contributed by atoms with Crippen molar-refractivity contribution >= 4 is 17.6 Å². The molecule has 0 amide bonds. The van der Waals surface area contributed by atoms with Crippen LogP contribution in [0.2, 0.25) is 5.02 Å². The summed E-state index contributed by atoms with van der Waals surface area (Å²) in [6.45, 7) is 1.76. The van der Waals surface area contributed by atoms with E-state index in [1.165, 1.54) is 19.2 Å². The van der Waals surface area contributed by atoms with E-state index in [4.69, 9.17) is 16.3 Å². The molecule has 1 aromatic carbocycles. The lowest BCUT2D eigenvalue weighted by molar-refractivity contribution is -0.153. The molecule has 0 aromatic heterocycles. The van der Waals surface area contributed by atoms with Crippen molar-refractivity contribution in [1.29, 1.82) is 0 Å². The highest BCUT2D eigenvalue weighted by Crippen LogP contribution is 2.39. The maximum atomic E-state index is 11.3. The van der Waals surface area contributed by atoms with E-state index in [0.717, 1.165) is 0 Å². The second-order valence-corrected chi connectivity index (χ2v) is 3.58. The number of phenols is 1. The van der Waals surface area contributed by atoms with Gasteiger partial charge < -0.3 is 19.7 Å². The first-order chi connectivity index (χ1) is 8.02. The number of hydrogen-bond donors (Lipinski definition) is 2. The molecule has 5 nitrogen and oxygen atoms in total. The Morgan fingerprint density at radius 2 is 2.18 bits per heavy atom. The number of rotatable bonds is 4. The largest absolute Gasteiger partial charge is 0.504 e. The summed E-state index contributed by atoms with van der Waals surface area (Å²) in [4.78, 5) is 11.3. The SMILES string of the molecule is CCOC(=O)C(O)c1ccc(Cl)c(OC)c1O. The summed E-state index contributed by atoms with van der Waals surface area (Å²) in [5.74, 6) is -1.21. The average Bonchev–Trinajstić information content (AvgIpc) is 2.29. The molecule has 0 radical (unpaired) electrons. The summed E-state index contributed by atoms with van der Waals surface area (Å²) in [5.41, 5.74) is -0.00954. The summed E-state index contributed by atoms with van der Waals surface area (Å²) in [6.07, 6.45) is -1.57. The minimum Gasteiger partial charge on any atom is -0.504 e. The molecule has 2 N–H and O–H groups in total. The van der Waals surface area contributed by atoms with Gasteiger partial charge in [0.1, 0.15) is 0 Å². The number of aromatic hydroxyl groups is 1. The summed E-state index contributed by atoms with van der Waals surface area (Å²) in [5, 5.41) is 19.6. The first kappa shape index (κ1) is 13.6. The molecule has 0 spiro atoms. The summed E-state index contributed by atoms with van der Waals surface area (Å²) in [6, 6.07) is 2.75. The van der Waals surface area contributed by atoms with Gasteiger partial charge in [0.05, 0.1) is 18.7 Å². The van der Waals surface area contributed by atoms with Crippen LogP contribution < -0.4 is 4.74 Å². The van der Waals surface area contributed by atoms with Crippen molar-refractivity contribution in [3.8, 4) is 11.5 Å². The second-order valence-electron chi connectivity index (χ2n) is 3.17. The van der Waals surface area contributed by atoms with Crippen LogP contribution in [0.3, 0.4) is 0 Å². The normalized spacial score (nSPS) is 12.0. The van der Waals surface area contributed by atoms with Gasteiger partial charge in [-0.1, -0.05) is 17.7 Å². The second kappa shape index (κ2) is 5.75. The number of halogens is 1. The molecule has 94 valence electrons. The van der Waals surface area contributed by atoms with Gasteiger partial charge in [-0.05, 0) is 13.0 Å². The Kier molecular flexibility index (Phi) is 4.60. The maximum absolute atomic E-state index is 11.3. The van der Waals surface area contributed by atoms with Crippen LogP contribution in [0.1, 0.15) is 18.6 Å². The predicted molar refractivity (Wildman–Crippen MR) is 61.3 cm³/mol. The number of carbonyl (C=O) groups is 1. The molecule has 17 heavy (non-hydrogen) atoms. The van der Waals surface area contributed by atoms with E-state index >= 15 is 0 Å². The van der Waals surface area contributed by atoms with Crippen LogP contribution in [0.4, 0.5) is 0 Å². The van der Waals surface area contributed by atoms with Crippen molar-refractivity contribution in [2.75, 3.05) is 13.7 Å². The number of aliphatic hydroxyl groups is 1. The lowest BCUT2D eigenvalue weighted by atomic mass is 10.1. The number of phenolic OH excluding ortho intramolecular Hbond substituents is 1. The van der Waals surface area contributed by atoms with Crippen molar-refractivity contribution in [2.45, 2.75) is 13.0 Å². The van der Waals surface area contributed by atoms with Crippen LogP contribution in [-0.2, 0) is 9.53 Å². The summed E-state index contributed by atoms with van der Waals surface area (Å²) >= 11 is 5.76. The van der Waals surface area contributed by atoms with E-state index < -0.39 is 12.1 Å². The Balaban J connectivity index is 3.10. The molecular weight excluding hydrogens is 248 g/mol. The zero-order chi connectivity index (χ0) is 13.0. The highest BCUT2D eigenvalue weighted by atomic mass is 35.5. The minimum absolute atomic E-state index is 0.00696. The lowest BCUT2D eigenvalue weighted by Crippen LogP contribution is -2.15. The monoisotopic (exact) mass is 260 g/mol. The van der Waals surface area contributed by atoms with E-state index in [0.29, 0.717) is 0 Å². The van der Waals surface area contributed by atoms with E-state index in [-0.39, 0.29) is 28.7 Å². The first-order valence-electron chi connectivity index (χ1n) is 4.93. The van der Waals surface area contributed by atoms with Gasteiger partial charge in [0.15, 0.2) is 17.6 Å². The third kappa shape index (κ3) is 2.81. The molecule has 1 rings (SSSR count). The Labute approximate surface area is 104 Å². The van der Waals surface area contributed by atoms with E-state index in [9.17, 15) is 15.0 Å². The number of benzene rings is 1. The summed E-state index contributed by atoms with van der Waals surface area (Å²) < 4.78 is 9.50. The smallest absolute Gasteiger partial charge is 0.339 e. The highest BCUT2D eigenvalue weighted by Gasteiger charge is 2.24.